The molecular formula is C20H22N6O2S2. The van der Waals surface area contributed by atoms with E-state index >= 15 is 0 Å². The lowest BCUT2D eigenvalue weighted by Gasteiger charge is -2.23. The first-order chi connectivity index (χ1) is 14.6. The molecule has 0 spiro atoms. The molecule has 2 aromatic heterocycles. The zero-order chi connectivity index (χ0) is 20.9. The van der Waals surface area contributed by atoms with Crippen molar-refractivity contribution >= 4 is 40.0 Å². The van der Waals surface area contributed by atoms with Crippen LogP contribution in [0.1, 0.15) is 24.2 Å². The van der Waals surface area contributed by atoms with Crippen molar-refractivity contribution in [1.82, 2.24) is 24.6 Å². The Morgan fingerprint density at radius 3 is 2.87 bits per heavy atom. The molecule has 8 nitrogen and oxygen atoms in total. The summed E-state index contributed by atoms with van der Waals surface area (Å²) in [5.74, 6) is 0.775. The van der Waals surface area contributed by atoms with E-state index in [1.165, 1.54) is 23.1 Å². The van der Waals surface area contributed by atoms with Crippen molar-refractivity contribution in [1.29, 1.82) is 0 Å². The number of nitrogens with zero attached hydrogens (tertiary/aromatic N) is 5. The SMILES string of the molecule is Cc1nnc(SCC(=O)N2CCCC2C(=O)Nc2nccs2)n1Cc1ccccc1. The van der Waals surface area contributed by atoms with Gasteiger partial charge >= 0.3 is 0 Å². The number of amides is 2. The lowest BCUT2D eigenvalue weighted by molar-refractivity contribution is -0.134. The quantitative estimate of drug-likeness (QED) is 0.566. The number of thioether (sulfide) groups is 1. The van der Waals surface area contributed by atoms with Crippen molar-refractivity contribution in [3.63, 3.8) is 0 Å². The van der Waals surface area contributed by atoms with Crippen LogP contribution in [0.5, 0.6) is 0 Å². The van der Waals surface area contributed by atoms with Crippen LogP contribution in [0.4, 0.5) is 5.13 Å². The number of aryl methyl sites for hydroxylation is 1. The van der Waals surface area contributed by atoms with E-state index < -0.39 is 6.04 Å². The van der Waals surface area contributed by atoms with Gasteiger partial charge in [-0.05, 0) is 25.3 Å². The van der Waals surface area contributed by atoms with Gasteiger partial charge in [0.2, 0.25) is 11.8 Å². The van der Waals surface area contributed by atoms with Crippen LogP contribution >= 0.6 is 23.1 Å². The smallest absolute Gasteiger partial charge is 0.248 e. The van der Waals surface area contributed by atoms with Crippen molar-refractivity contribution in [3.05, 3.63) is 53.3 Å². The summed E-state index contributed by atoms with van der Waals surface area (Å²) in [5.41, 5.74) is 1.15. The first-order valence-corrected chi connectivity index (χ1v) is 11.5. The van der Waals surface area contributed by atoms with Crippen LogP contribution in [0.15, 0.2) is 47.1 Å². The largest absolute Gasteiger partial charge is 0.330 e. The number of nitrogens with one attached hydrogen (secondary N) is 1. The number of aromatic nitrogens is 4. The van der Waals surface area contributed by atoms with Crippen LogP contribution in [-0.4, -0.2) is 54.8 Å². The molecule has 3 heterocycles. The lowest BCUT2D eigenvalue weighted by Crippen LogP contribution is -2.44. The van der Waals surface area contributed by atoms with Gasteiger partial charge < -0.3 is 14.8 Å². The van der Waals surface area contributed by atoms with E-state index in [1.54, 1.807) is 16.5 Å². The molecule has 0 radical (unpaired) electrons. The monoisotopic (exact) mass is 442 g/mol. The summed E-state index contributed by atoms with van der Waals surface area (Å²) in [6.45, 7) is 3.14. The number of hydrogen-bond donors (Lipinski definition) is 1. The van der Waals surface area contributed by atoms with Gasteiger partial charge in [-0.1, -0.05) is 42.1 Å². The van der Waals surface area contributed by atoms with Gasteiger partial charge in [-0.25, -0.2) is 4.98 Å². The Morgan fingerprint density at radius 2 is 2.10 bits per heavy atom. The summed E-state index contributed by atoms with van der Waals surface area (Å²) in [7, 11) is 0. The Labute approximate surface area is 182 Å². The molecule has 30 heavy (non-hydrogen) atoms. The summed E-state index contributed by atoms with van der Waals surface area (Å²) >= 11 is 2.72. The van der Waals surface area contributed by atoms with Crippen LogP contribution in [0.25, 0.3) is 0 Å². The minimum atomic E-state index is -0.453. The Kier molecular flexibility index (Phi) is 6.44. The summed E-state index contributed by atoms with van der Waals surface area (Å²) in [6.07, 6.45) is 3.12. The van der Waals surface area contributed by atoms with Gasteiger partial charge in [0.15, 0.2) is 10.3 Å². The topological polar surface area (TPSA) is 93.0 Å². The molecule has 2 amide bonds. The van der Waals surface area contributed by atoms with Gasteiger partial charge in [0.05, 0.1) is 12.3 Å². The molecule has 3 aromatic rings. The second kappa shape index (κ2) is 9.40. The van der Waals surface area contributed by atoms with Gasteiger partial charge in [0.1, 0.15) is 11.9 Å². The van der Waals surface area contributed by atoms with Crippen LogP contribution < -0.4 is 5.32 Å². The maximum atomic E-state index is 12.9. The lowest BCUT2D eigenvalue weighted by atomic mass is 10.2. The molecule has 1 aliphatic heterocycles. The fraction of sp³-hybridized carbons (Fsp3) is 0.350. The molecule has 0 saturated carbocycles. The van der Waals surface area contributed by atoms with Gasteiger partial charge in [0, 0.05) is 18.1 Å². The van der Waals surface area contributed by atoms with E-state index in [1.807, 2.05) is 29.7 Å². The molecule has 1 N–H and O–H groups in total. The Balaban J connectivity index is 1.38. The number of carbonyl (C=O) groups excluding carboxylic acids is 2. The van der Waals surface area contributed by atoms with Crippen LogP contribution in [0.3, 0.4) is 0 Å². The van der Waals surface area contributed by atoms with Crippen molar-refractivity contribution < 1.29 is 9.59 Å². The number of hydrogen-bond acceptors (Lipinski definition) is 7. The number of likely N-dealkylation sites (tertiary alicyclic amines) is 1. The van der Waals surface area contributed by atoms with Crippen molar-refractivity contribution in [2.75, 3.05) is 17.6 Å². The number of anilines is 1. The average molecular weight is 443 g/mol. The fourth-order valence-corrected chi connectivity index (χ4v) is 4.84. The number of thiazole rings is 1. The minimum Gasteiger partial charge on any atom is -0.330 e. The number of carbonyl (C=O) groups is 2. The van der Waals surface area contributed by atoms with E-state index in [2.05, 4.69) is 32.6 Å². The molecule has 4 rings (SSSR count). The van der Waals surface area contributed by atoms with Crippen molar-refractivity contribution in [2.24, 2.45) is 0 Å². The molecule has 1 unspecified atom stereocenters. The molecule has 1 atom stereocenters. The zero-order valence-electron chi connectivity index (χ0n) is 16.5. The molecule has 1 fully saturated rings. The van der Waals surface area contributed by atoms with Gasteiger partial charge in [-0.15, -0.1) is 21.5 Å². The van der Waals surface area contributed by atoms with E-state index in [0.717, 1.165) is 17.8 Å². The van der Waals surface area contributed by atoms with Gasteiger partial charge in [-0.2, -0.15) is 0 Å². The highest BCUT2D eigenvalue weighted by Gasteiger charge is 2.34. The minimum absolute atomic E-state index is 0.0660. The molecule has 1 saturated heterocycles. The summed E-state index contributed by atoms with van der Waals surface area (Å²) in [5, 5.41) is 14.3. The average Bonchev–Trinajstić information content (AvgIpc) is 3.50. The summed E-state index contributed by atoms with van der Waals surface area (Å²) < 4.78 is 2.00. The Hall–Kier alpha value is -2.72. The van der Waals surface area contributed by atoms with Crippen molar-refractivity contribution in [2.45, 2.75) is 37.5 Å². The van der Waals surface area contributed by atoms with Gasteiger partial charge in [0.25, 0.3) is 0 Å². The molecular weight excluding hydrogens is 420 g/mol. The molecule has 0 bridgehead atoms. The second-order valence-corrected chi connectivity index (χ2v) is 8.80. The number of rotatable bonds is 7. The van der Waals surface area contributed by atoms with Gasteiger partial charge in [-0.3, -0.25) is 9.59 Å². The number of benzene rings is 1. The second-order valence-electron chi connectivity index (χ2n) is 6.96. The van der Waals surface area contributed by atoms with Crippen LogP contribution in [0, 0.1) is 6.92 Å². The van der Waals surface area contributed by atoms with E-state index in [-0.39, 0.29) is 17.6 Å². The molecule has 0 aliphatic carbocycles. The first kappa shape index (κ1) is 20.5. The summed E-state index contributed by atoms with van der Waals surface area (Å²) in [6, 6.07) is 9.62. The highest BCUT2D eigenvalue weighted by Crippen LogP contribution is 2.24. The third-order valence-electron chi connectivity index (χ3n) is 4.95. The van der Waals surface area contributed by atoms with E-state index in [0.29, 0.717) is 29.8 Å². The Bertz CT molecular complexity index is 1010. The summed E-state index contributed by atoms with van der Waals surface area (Å²) in [4.78, 5) is 31.2. The van der Waals surface area contributed by atoms with E-state index in [9.17, 15) is 9.59 Å². The highest BCUT2D eigenvalue weighted by atomic mass is 32.2. The van der Waals surface area contributed by atoms with Crippen molar-refractivity contribution in [3.8, 4) is 0 Å². The fourth-order valence-electron chi connectivity index (χ4n) is 3.44. The molecule has 156 valence electrons. The maximum Gasteiger partial charge on any atom is 0.248 e. The molecule has 1 aromatic carbocycles. The standard InChI is InChI=1S/C20H22N6O2S2/c1-14-23-24-20(26(14)12-15-6-3-2-4-7-15)30-13-17(27)25-10-5-8-16(25)18(28)22-19-21-9-11-29-19/h2-4,6-7,9,11,16H,5,8,10,12-13H2,1H3,(H,21,22,28). The molecule has 1 aliphatic rings. The maximum absolute atomic E-state index is 12.9. The third kappa shape index (κ3) is 4.71. The molecule has 10 heteroatoms. The first-order valence-electron chi connectivity index (χ1n) is 9.68. The third-order valence-corrected chi connectivity index (χ3v) is 6.59. The zero-order valence-corrected chi connectivity index (χ0v) is 18.2. The van der Waals surface area contributed by atoms with Crippen LogP contribution in [-0.2, 0) is 16.1 Å². The predicted molar refractivity (Wildman–Crippen MR) is 117 cm³/mol. The van der Waals surface area contributed by atoms with E-state index in [4.69, 9.17) is 0 Å². The van der Waals surface area contributed by atoms with Crippen LogP contribution in [0.2, 0.25) is 0 Å². The Morgan fingerprint density at radius 1 is 1.27 bits per heavy atom. The normalized spacial score (nSPS) is 16.0. The highest BCUT2D eigenvalue weighted by molar-refractivity contribution is 7.99. The predicted octanol–water partition coefficient (Wildman–Crippen LogP) is 2.81.